The Labute approximate surface area is 177 Å². The zero-order valence-electron chi connectivity index (χ0n) is 19.1. The summed E-state index contributed by atoms with van der Waals surface area (Å²) < 4.78 is 1.43. The van der Waals surface area contributed by atoms with Crippen LogP contribution in [0.4, 0.5) is 0 Å². The molecule has 3 nitrogen and oxygen atoms in total. The van der Waals surface area contributed by atoms with Crippen LogP contribution >= 0.6 is 7.92 Å². The molecular formula is C24H49N3P+. The first-order chi connectivity index (χ1) is 13.8. The fourth-order valence-electron chi connectivity index (χ4n) is 5.87. The highest BCUT2D eigenvalue weighted by Crippen LogP contribution is 2.50. The summed E-state index contributed by atoms with van der Waals surface area (Å²) in [7, 11) is 0.319. The van der Waals surface area contributed by atoms with Crippen molar-refractivity contribution in [1.29, 1.82) is 0 Å². The van der Waals surface area contributed by atoms with E-state index < -0.39 is 0 Å². The standard InChI is InChI=1S/C24H49N3P/c1-2-3-4-5-6-7-8-9-10-11-12-13-14-15-16-17-18-27-20-25-19-26(21-27)23-28(22-25)24-27/h2-24H2,1H3/q+1. The normalized spacial score (nSPS) is 31.0. The van der Waals surface area contributed by atoms with Gasteiger partial charge in [-0.2, -0.15) is 0 Å². The van der Waals surface area contributed by atoms with E-state index in [1.807, 2.05) is 0 Å². The van der Waals surface area contributed by atoms with E-state index in [2.05, 4.69) is 16.7 Å². The highest BCUT2D eigenvalue weighted by Gasteiger charge is 2.48. The predicted molar refractivity (Wildman–Crippen MR) is 124 cm³/mol. The van der Waals surface area contributed by atoms with E-state index in [0.29, 0.717) is 7.92 Å². The Morgan fingerprint density at radius 2 is 1.04 bits per heavy atom. The highest BCUT2D eigenvalue weighted by atomic mass is 31.1. The van der Waals surface area contributed by atoms with Crippen molar-refractivity contribution in [2.24, 2.45) is 0 Å². The van der Waals surface area contributed by atoms with Gasteiger partial charge in [0.1, 0.15) is 19.6 Å². The molecule has 164 valence electrons. The minimum Gasteiger partial charge on any atom is -0.295 e. The maximum Gasteiger partial charge on any atom is 0.137 e. The van der Waals surface area contributed by atoms with E-state index in [4.69, 9.17) is 0 Å². The average Bonchev–Trinajstić information content (AvgIpc) is 2.66. The summed E-state index contributed by atoms with van der Waals surface area (Å²) in [6.45, 7) is 7.78. The van der Waals surface area contributed by atoms with Crippen molar-refractivity contribution in [2.45, 2.75) is 110 Å². The molecule has 2 unspecified atom stereocenters. The van der Waals surface area contributed by atoms with Crippen LogP contribution in [0.15, 0.2) is 0 Å². The Bertz CT molecular complexity index is 379. The number of hydrogen-bond acceptors (Lipinski definition) is 2. The molecule has 0 aliphatic carbocycles. The summed E-state index contributed by atoms with van der Waals surface area (Å²) in [5.41, 5.74) is 0. The third kappa shape index (κ3) is 7.86. The van der Waals surface area contributed by atoms with Gasteiger partial charge in [-0.25, -0.2) is 9.80 Å². The molecule has 0 amide bonds. The molecule has 0 aromatic heterocycles. The van der Waals surface area contributed by atoms with Gasteiger partial charge in [-0.15, -0.1) is 0 Å². The van der Waals surface area contributed by atoms with Crippen molar-refractivity contribution in [3.05, 3.63) is 0 Å². The van der Waals surface area contributed by atoms with Crippen LogP contribution in [0, 0.1) is 0 Å². The SMILES string of the molecule is CCCCCCCCCCCCCCCCCC[N+]12CN3CN(CP(C3)C1)C2. The molecule has 0 saturated carbocycles. The molecular weight excluding hydrogens is 361 g/mol. The first kappa shape index (κ1) is 23.0. The van der Waals surface area contributed by atoms with E-state index in [1.54, 1.807) is 6.29 Å². The monoisotopic (exact) mass is 410 g/mol. The van der Waals surface area contributed by atoms with Gasteiger partial charge in [0, 0.05) is 12.6 Å². The molecule has 4 saturated heterocycles. The molecule has 4 fully saturated rings. The van der Waals surface area contributed by atoms with E-state index in [0.717, 1.165) is 0 Å². The maximum atomic E-state index is 2.74. The molecule has 0 spiro atoms. The van der Waals surface area contributed by atoms with Gasteiger partial charge in [-0.1, -0.05) is 96.8 Å². The third-order valence-electron chi connectivity index (χ3n) is 7.19. The van der Waals surface area contributed by atoms with Crippen LogP contribution in [0.3, 0.4) is 0 Å². The third-order valence-corrected chi connectivity index (χ3v) is 9.79. The van der Waals surface area contributed by atoms with Crippen LogP contribution in [0.25, 0.3) is 0 Å². The lowest BCUT2D eigenvalue weighted by molar-refractivity contribution is -0.948. The second-order valence-electron chi connectivity index (χ2n) is 10.2. The summed E-state index contributed by atoms with van der Waals surface area (Å²) in [5.74, 6) is 0. The van der Waals surface area contributed by atoms with Crippen LogP contribution in [0.2, 0.25) is 0 Å². The lowest BCUT2D eigenvalue weighted by atomic mass is 10.0. The first-order valence-electron chi connectivity index (χ1n) is 12.8. The van der Waals surface area contributed by atoms with Gasteiger partial charge in [0.2, 0.25) is 0 Å². The van der Waals surface area contributed by atoms with Gasteiger partial charge >= 0.3 is 0 Å². The zero-order valence-corrected chi connectivity index (χ0v) is 19.9. The van der Waals surface area contributed by atoms with E-state index in [-0.39, 0.29) is 0 Å². The van der Waals surface area contributed by atoms with Crippen LogP contribution in [-0.2, 0) is 0 Å². The zero-order chi connectivity index (χ0) is 19.5. The first-order valence-corrected chi connectivity index (χ1v) is 14.7. The second-order valence-corrected chi connectivity index (χ2v) is 12.4. The molecule has 0 radical (unpaired) electrons. The van der Waals surface area contributed by atoms with E-state index >= 15 is 0 Å². The van der Waals surface area contributed by atoms with Crippen LogP contribution in [0.1, 0.15) is 110 Å². The number of unbranched alkanes of at least 4 members (excludes halogenated alkanes) is 15. The molecule has 4 aliphatic rings. The van der Waals surface area contributed by atoms with Crippen LogP contribution < -0.4 is 0 Å². The number of rotatable bonds is 17. The summed E-state index contributed by atoms with van der Waals surface area (Å²) in [6, 6.07) is 0. The fourth-order valence-corrected chi connectivity index (χ4v) is 8.79. The highest BCUT2D eigenvalue weighted by molar-refractivity contribution is 7.57. The van der Waals surface area contributed by atoms with Gasteiger partial charge in [0.15, 0.2) is 0 Å². The minimum absolute atomic E-state index is 0.319. The van der Waals surface area contributed by atoms with Gasteiger partial charge in [0.05, 0.1) is 13.2 Å². The molecule has 0 aromatic rings. The van der Waals surface area contributed by atoms with Crippen LogP contribution in [-0.4, -0.2) is 59.7 Å². The van der Waals surface area contributed by atoms with Crippen molar-refractivity contribution < 1.29 is 4.48 Å². The summed E-state index contributed by atoms with van der Waals surface area (Å²) in [6.07, 6.45) is 28.0. The molecule has 4 aliphatic heterocycles. The molecule has 0 aromatic carbocycles. The Morgan fingerprint density at radius 1 is 0.607 bits per heavy atom. The molecule has 2 atom stereocenters. The van der Waals surface area contributed by atoms with Crippen molar-refractivity contribution in [3.63, 3.8) is 0 Å². The smallest absolute Gasteiger partial charge is 0.137 e. The van der Waals surface area contributed by atoms with Crippen molar-refractivity contribution in [2.75, 3.05) is 45.4 Å². The Kier molecular flexibility index (Phi) is 10.6. The molecule has 4 bridgehead atoms. The van der Waals surface area contributed by atoms with Crippen molar-refractivity contribution >= 4 is 7.92 Å². The average molecular weight is 411 g/mol. The Morgan fingerprint density at radius 3 is 1.46 bits per heavy atom. The largest absolute Gasteiger partial charge is 0.295 e. The van der Waals surface area contributed by atoms with E-state index in [9.17, 15) is 0 Å². The van der Waals surface area contributed by atoms with Crippen LogP contribution in [0.5, 0.6) is 0 Å². The van der Waals surface area contributed by atoms with Gasteiger partial charge in [-0.05, 0) is 20.8 Å². The molecule has 4 rings (SSSR count). The molecule has 4 heteroatoms. The summed E-state index contributed by atoms with van der Waals surface area (Å²) in [5, 5.41) is 0. The summed E-state index contributed by atoms with van der Waals surface area (Å²) in [4.78, 5) is 5.49. The number of nitrogens with zero attached hydrogens (tertiary/aromatic N) is 3. The topological polar surface area (TPSA) is 6.48 Å². The van der Waals surface area contributed by atoms with Gasteiger partial charge in [-0.3, -0.25) is 4.48 Å². The molecule has 28 heavy (non-hydrogen) atoms. The quantitative estimate of drug-likeness (QED) is 0.146. The summed E-state index contributed by atoms with van der Waals surface area (Å²) >= 11 is 0. The minimum atomic E-state index is 0.319. The molecule has 0 N–H and O–H groups in total. The second kappa shape index (κ2) is 12.9. The Balaban J connectivity index is 1.07. The van der Waals surface area contributed by atoms with Crippen molar-refractivity contribution in [1.82, 2.24) is 9.80 Å². The lowest BCUT2D eigenvalue weighted by Gasteiger charge is -2.60. The Hall–Kier alpha value is 0.310. The van der Waals surface area contributed by atoms with Gasteiger partial charge < -0.3 is 0 Å². The number of hydrogen-bond donors (Lipinski definition) is 0. The van der Waals surface area contributed by atoms with Gasteiger partial charge in [0.25, 0.3) is 0 Å². The predicted octanol–water partition coefficient (Wildman–Crippen LogP) is 6.94. The maximum absolute atomic E-state index is 2.74. The van der Waals surface area contributed by atoms with Crippen molar-refractivity contribution in [3.8, 4) is 0 Å². The number of quaternary nitrogens is 1. The lowest BCUT2D eigenvalue weighted by Crippen LogP contribution is -2.71. The van der Waals surface area contributed by atoms with E-state index in [1.165, 1.54) is 146 Å². The fraction of sp³-hybridized carbons (Fsp3) is 1.00. The molecule has 4 heterocycles.